The van der Waals surface area contributed by atoms with Crippen molar-refractivity contribution >= 4 is 17.3 Å². The van der Waals surface area contributed by atoms with Gasteiger partial charge in [-0.3, -0.25) is 0 Å². The summed E-state index contributed by atoms with van der Waals surface area (Å²) in [6.07, 6.45) is 0. The van der Waals surface area contributed by atoms with Crippen LogP contribution in [0.15, 0.2) is 24.3 Å². The summed E-state index contributed by atoms with van der Waals surface area (Å²) in [7, 11) is 1.48. The third kappa shape index (κ3) is 3.14. The molecule has 0 amide bonds. The lowest BCUT2D eigenvalue weighted by molar-refractivity contribution is 0.413. The molecule has 1 aromatic heterocycles. The Kier molecular flexibility index (Phi) is 4.02. The van der Waals surface area contributed by atoms with E-state index in [0.29, 0.717) is 28.9 Å². The molecule has 0 spiro atoms. The lowest BCUT2D eigenvalue weighted by atomic mass is 10.2. The van der Waals surface area contributed by atoms with E-state index >= 15 is 0 Å². The molecule has 2 aromatic rings. The molecule has 0 fully saturated rings. The van der Waals surface area contributed by atoms with Crippen molar-refractivity contribution in [2.24, 2.45) is 0 Å². The maximum Gasteiger partial charge on any atom is 0.145 e. The van der Waals surface area contributed by atoms with Crippen molar-refractivity contribution in [2.45, 2.75) is 19.8 Å². The second-order valence-corrected chi connectivity index (χ2v) is 4.66. The summed E-state index contributed by atoms with van der Waals surface area (Å²) >= 11 is 0. The molecule has 0 unspecified atom stereocenters. The average molecular weight is 276 g/mol. The molecule has 0 aliphatic rings. The summed E-state index contributed by atoms with van der Waals surface area (Å²) in [4.78, 5) is 8.54. The zero-order valence-electron chi connectivity index (χ0n) is 11.6. The third-order valence-electron chi connectivity index (χ3n) is 2.71. The van der Waals surface area contributed by atoms with Crippen molar-refractivity contribution in [3.05, 3.63) is 35.9 Å². The van der Waals surface area contributed by atoms with Crippen LogP contribution in [0.1, 0.15) is 25.6 Å². The minimum Gasteiger partial charge on any atom is -0.494 e. The molecule has 0 saturated carbocycles. The number of nitrogens with zero attached hydrogens (tertiary/aromatic N) is 2. The molecule has 0 saturated heterocycles. The van der Waals surface area contributed by atoms with E-state index < -0.39 is 0 Å². The zero-order valence-corrected chi connectivity index (χ0v) is 11.6. The molecular formula is C14H17FN4O. The van der Waals surface area contributed by atoms with E-state index in [-0.39, 0.29) is 11.7 Å². The molecule has 0 aliphatic heterocycles. The van der Waals surface area contributed by atoms with Crippen molar-refractivity contribution < 1.29 is 9.13 Å². The lowest BCUT2D eigenvalue weighted by Crippen LogP contribution is -2.05. The number of nitrogen functional groups attached to an aromatic ring is 1. The van der Waals surface area contributed by atoms with Gasteiger partial charge in [0.05, 0.1) is 12.8 Å². The van der Waals surface area contributed by atoms with E-state index in [1.165, 1.54) is 19.2 Å². The van der Waals surface area contributed by atoms with Gasteiger partial charge in [0.1, 0.15) is 29.0 Å². The predicted octanol–water partition coefficient (Wildman–Crippen LogP) is 3.07. The van der Waals surface area contributed by atoms with Crippen molar-refractivity contribution in [3.8, 4) is 5.75 Å². The first-order valence-electron chi connectivity index (χ1n) is 6.24. The van der Waals surface area contributed by atoms with Crippen LogP contribution in [0, 0.1) is 5.82 Å². The van der Waals surface area contributed by atoms with Gasteiger partial charge in [-0.1, -0.05) is 13.8 Å². The Labute approximate surface area is 117 Å². The molecule has 106 valence electrons. The minimum atomic E-state index is -0.363. The Morgan fingerprint density at radius 1 is 1.25 bits per heavy atom. The lowest BCUT2D eigenvalue weighted by Gasteiger charge is -2.12. The van der Waals surface area contributed by atoms with Crippen LogP contribution < -0.4 is 15.8 Å². The van der Waals surface area contributed by atoms with E-state index in [1.54, 1.807) is 12.1 Å². The van der Waals surface area contributed by atoms with Crippen LogP contribution in [0.5, 0.6) is 5.75 Å². The highest BCUT2D eigenvalue weighted by Gasteiger charge is 2.09. The standard InChI is InChI=1S/C14H17FN4O/c1-8(2)14-18-12(16)7-13(19-14)17-10-5-4-9(15)6-11(10)20-3/h4-8H,1-3H3,(H3,16,17,18,19). The van der Waals surface area contributed by atoms with Gasteiger partial charge in [0.2, 0.25) is 0 Å². The van der Waals surface area contributed by atoms with Gasteiger partial charge in [0.25, 0.3) is 0 Å². The number of halogens is 1. The fraction of sp³-hybridized carbons (Fsp3) is 0.286. The summed E-state index contributed by atoms with van der Waals surface area (Å²) in [6.45, 7) is 3.97. The Morgan fingerprint density at radius 2 is 2.00 bits per heavy atom. The Bertz CT molecular complexity index is 616. The first-order valence-corrected chi connectivity index (χ1v) is 6.24. The van der Waals surface area contributed by atoms with Crippen LogP contribution in [-0.2, 0) is 0 Å². The number of methoxy groups -OCH3 is 1. The highest BCUT2D eigenvalue weighted by atomic mass is 19.1. The van der Waals surface area contributed by atoms with Crippen LogP contribution in [0.2, 0.25) is 0 Å². The van der Waals surface area contributed by atoms with Crippen molar-refractivity contribution in [1.82, 2.24) is 9.97 Å². The zero-order chi connectivity index (χ0) is 14.7. The van der Waals surface area contributed by atoms with Crippen molar-refractivity contribution in [1.29, 1.82) is 0 Å². The molecule has 1 heterocycles. The summed E-state index contributed by atoms with van der Waals surface area (Å²) in [6, 6.07) is 5.85. The van der Waals surface area contributed by atoms with Crippen LogP contribution in [0.25, 0.3) is 0 Å². The Hall–Kier alpha value is -2.37. The van der Waals surface area contributed by atoms with Gasteiger partial charge in [-0.2, -0.15) is 0 Å². The molecule has 3 N–H and O–H groups in total. The maximum atomic E-state index is 13.2. The largest absolute Gasteiger partial charge is 0.494 e. The molecule has 0 bridgehead atoms. The molecule has 0 radical (unpaired) electrons. The van der Waals surface area contributed by atoms with E-state index in [9.17, 15) is 4.39 Å². The van der Waals surface area contributed by atoms with E-state index in [1.807, 2.05) is 13.8 Å². The maximum absolute atomic E-state index is 13.2. The molecule has 1 aromatic carbocycles. The monoisotopic (exact) mass is 276 g/mol. The number of nitrogens with one attached hydrogen (secondary N) is 1. The fourth-order valence-corrected chi connectivity index (χ4v) is 1.71. The topological polar surface area (TPSA) is 73.1 Å². The first kappa shape index (κ1) is 14.0. The van der Waals surface area contributed by atoms with Crippen LogP contribution in [-0.4, -0.2) is 17.1 Å². The quantitative estimate of drug-likeness (QED) is 0.897. The smallest absolute Gasteiger partial charge is 0.145 e. The van der Waals surface area contributed by atoms with Crippen LogP contribution in [0.3, 0.4) is 0 Å². The third-order valence-corrected chi connectivity index (χ3v) is 2.71. The molecule has 2 rings (SSSR count). The molecule has 0 atom stereocenters. The van der Waals surface area contributed by atoms with Crippen LogP contribution >= 0.6 is 0 Å². The molecule has 6 heteroatoms. The second kappa shape index (κ2) is 5.73. The summed E-state index contributed by atoms with van der Waals surface area (Å²) in [5, 5.41) is 3.06. The van der Waals surface area contributed by atoms with Gasteiger partial charge in [-0.05, 0) is 12.1 Å². The molecule has 20 heavy (non-hydrogen) atoms. The highest BCUT2D eigenvalue weighted by molar-refractivity contribution is 5.65. The molecule has 5 nitrogen and oxygen atoms in total. The average Bonchev–Trinajstić information content (AvgIpc) is 2.40. The van der Waals surface area contributed by atoms with Gasteiger partial charge in [-0.15, -0.1) is 0 Å². The van der Waals surface area contributed by atoms with Crippen LogP contribution in [0.4, 0.5) is 21.7 Å². The fourth-order valence-electron chi connectivity index (χ4n) is 1.71. The predicted molar refractivity (Wildman–Crippen MR) is 76.8 cm³/mol. The SMILES string of the molecule is COc1cc(F)ccc1Nc1cc(N)nc(C(C)C)n1. The number of benzene rings is 1. The summed E-state index contributed by atoms with van der Waals surface area (Å²) in [5.41, 5.74) is 6.38. The van der Waals surface area contributed by atoms with Gasteiger partial charge < -0.3 is 15.8 Å². The minimum absolute atomic E-state index is 0.161. The van der Waals surface area contributed by atoms with Gasteiger partial charge >= 0.3 is 0 Å². The molecule has 0 aliphatic carbocycles. The van der Waals surface area contributed by atoms with Gasteiger partial charge in [-0.25, -0.2) is 14.4 Å². The number of hydrogen-bond donors (Lipinski definition) is 2. The normalized spacial score (nSPS) is 10.7. The number of aromatic nitrogens is 2. The van der Waals surface area contributed by atoms with Crippen molar-refractivity contribution in [3.63, 3.8) is 0 Å². The number of nitrogens with two attached hydrogens (primary N) is 1. The summed E-state index contributed by atoms with van der Waals surface area (Å²) < 4.78 is 18.3. The second-order valence-electron chi connectivity index (χ2n) is 4.66. The molecular weight excluding hydrogens is 259 g/mol. The number of ether oxygens (including phenoxy) is 1. The Morgan fingerprint density at radius 3 is 2.65 bits per heavy atom. The van der Waals surface area contributed by atoms with Gasteiger partial charge in [0, 0.05) is 18.1 Å². The highest BCUT2D eigenvalue weighted by Crippen LogP contribution is 2.28. The van der Waals surface area contributed by atoms with E-state index in [0.717, 1.165) is 0 Å². The number of rotatable bonds is 4. The van der Waals surface area contributed by atoms with Gasteiger partial charge in [0.15, 0.2) is 0 Å². The number of hydrogen-bond acceptors (Lipinski definition) is 5. The van der Waals surface area contributed by atoms with E-state index in [2.05, 4.69) is 15.3 Å². The van der Waals surface area contributed by atoms with Crippen molar-refractivity contribution in [2.75, 3.05) is 18.2 Å². The van der Waals surface area contributed by atoms with E-state index in [4.69, 9.17) is 10.5 Å². The Balaban J connectivity index is 2.34. The number of anilines is 3. The first-order chi connectivity index (χ1) is 9.49. The summed E-state index contributed by atoms with van der Waals surface area (Å²) in [5.74, 6) is 1.77.